The average molecular weight is 282 g/mol. The number of nitrogens with one attached hydrogen (secondary N) is 1. The maximum absolute atomic E-state index is 6.13. The van der Waals surface area contributed by atoms with E-state index in [0.29, 0.717) is 0 Å². The van der Waals surface area contributed by atoms with Gasteiger partial charge in [-0.2, -0.15) is 0 Å². The summed E-state index contributed by atoms with van der Waals surface area (Å²) in [5, 5.41) is 3.45. The van der Waals surface area contributed by atoms with Gasteiger partial charge in [-0.25, -0.2) is 0 Å². The van der Waals surface area contributed by atoms with E-state index in [1.165, 1.54) is 17.5 Å². The maximum atomic E-state index is 6.13. The van der Waals surface area contributed by atoms with Gasteiger partial charge in [0.25, 0.3) is 0 Å². The second kappa shape index (κ2) is 4.13. The lowest BCUT2D eigenvalue weighted by molar-refractivity contribution is -0.0469. The Labute approximate surface area is 105 Å². The molecular formula is C13H16BrNO. The molecule has 0 saturated carbocycles. The standard InChI is InChI=1S/C13H16BrNO/c14-11-3-2-10-9-16-13(12(10)8-11)4-1-6-15-7-5-13/h2-3,8,15H,1,4-7,9H2. The number of rotatable bonds is 0. The first-order valence-electron chi connectivity index (χ1n) is 5.94. The van der Waals surface area contributed by atoms with Crippen LogP contribution >= 0.6 is 15.9 Å². The molecule has 2 nitrogen and oxygen atoms in total. The number of hydrogen-bond acceptors (Lipinski definition) is 2. The predicted octanol–water partition coefficient (Wildman–Crippen LogP) is 2.95. The summed E-state index contributed by atoms with van der Waals surface area (Å²) in [5.74, 6) is 0. The Kier molecular flexibility index (Phi) is 2.78. The summed E-state index contributed by atoms with van der Waals surface area (Å²) >= 11 is 3.56. The van der Waals surface area contributed by atoms with E-state index in [1.807, 2.05) is 0 Å². The van der Waals surface area contributed by atoms with Crippen molar-refractivity contribution in [2.75, 3.05) is 13.1 Å². The molecule has 1 aromatic rings. The van der Waals surface area contributed by atoms with Crippen molar-refractivity contribution in [3.05, 3.63) is 33.8 Å². The normalized spacial score (nSPS) is 29.1. The van der Waals surface area contributed by atoms with Gasteiger partial charge in [-0.05, 0) is 55.6 Å². The molecule has 16 heavy (non-hydrogen) atoms. The van der Waals surface area contributed by atoms with Gasteiger partial charge < -0.3 is 10.1 Å². The van der Waals surface area contributed by atoms with Gasteiger partial charge in [-0.1, -0.05) is 22.0 Å². The van der Waals surface area contributed by atoms with Gasteiger partial charge in [0, 0.05) is 4.47 Å². The van der Waals surface area contributed by atoms with Crippen LogP contribution in [0.5, 0.6) is 0 Å². The lowest BCUT2D eigenvalue weighted by Gasteiger charge is -2.28. The molecule has 1 unspecified atom stereocenters. The molecular weight excluding hydrogens is 266 g/mol. The minimum absolute atomic E-state index is 0.0113. The quantitative estimate of drug-likeness (QED) is 0.790. The molecule has 86 valence electrons. The first-order chi connectivity index (χ1) is 7.80. The number of fused-ring (bicyclic) bond motifs is 2. The fourth-order valence-electron chi connectivity index (χ4n) is 2.85. The zero-order valence-corrected chi connectivity index (χ0v) is 10.8. The van der Waals surface area contributed by atoms with Crippen molar-refractivity contribution in [1.82, 2.24) is 5.32 Å². The van der Waals surface area contributed by atoms with Crippen LogP contribution < -0.4 is 5.32 Å². The fraction of sp³-hybridized carbons (Fsp3) is 0.538. The molecule has 2 aliphatic rings. The molecule has 1 spiro atoms. The Balaban J connectivity index is 2.02. The van der Waals surface area contributed by atoms with Crippen molar-refractivity contribution in [2.24, 2.45) is 0 Å². The largest absolute Gasteiger partial charge is 0.366 e. The van der Waals surface area contributed by atoms with E-state index in [9.17, 15) is 0 Å². The summed E-state index contributed by atoms with van der Waals surface area (Å²) in [5.41, 5.74) is 2.76. The van der Waals surface area contributed by atoms with Crippen molar-refractivity contribution >= 4 is 15.9 Å². The number of hydrogen-bond donors (Lipinski definition) is 1. The van der Waals surface area contributed by atoms with Gasteiger partial charge in [0.2, 0.25) is 0 Å². The highest BCUT2D eigenvalue weighted by molar-refractivity contribution is 9.10. The van der Waals surface area contributed by atoms with E-state index < -0.39 is 0 Å². The second-order valence-corrected chi connectivity index (χ2v) is 5.60. The van der Waals surface area contributed by atoms with Crippen LogP contribution in [0.25, 0.3) is 0 Å². The highest BCUT2D eigenvalue weighted by Gasteiger charge is 2.39. The highest BCUT2D eigenvalue weighted by Crippen LogP contribution is 2.44. The molecule has 0 bridgehead atoms. The van der Waals surface area contributed by atoms with Crippen molar-refractivity contribution in [1.29, 1.82) is 0 Å². The molecule has 1 saturated heterocycles. The smallest absolute Gasteiger partial charge is 0.0952 e. The zero-order valence-electron chi connectivity index (χ0n) is 9.26. The van der Waals surface area contributed by atoms with Gasteiger partial charge in [-0.15, -0.1) is 0 Å². The molecule has 1 N–H and O–H groups in total. The van der Waals surface area contributed by atoms with Crippen LogP contribution in [-0.4, -0.2) is 13.1 Å². The Hall–Kier alpha value is -0.380. The third-order valence-corrected chi connectivity index (χ3v) is 4.20. The minimum Gasteiger partial charge on any atom is -0.366 e. The molecule has 1 atom stereocenters. The van der Waals surface area contributed by atoms with Crippen LogP contribution in [-0.2, 0) is 16.9 Å². The second-order valence-electron chi connectivity index (χ2n) is 4.69. The SMILES string of the molecule is Brc1ccc2c(c1)C1(CCCNCC1)OC2. The summed E-state index contributed by atoms with van der Waals surface area (Å²) in [4.78, 5) is 0. The zero-order chi connectivity index (χ0) is 11.0. The molecule has 3 rings (SSSR count). The topological polar surface area (TPSA) is 21.3 Å². The molecule has 0 amide bonds. The van der Waals surface area contributed by atoms with Crippen LogP contribution in [0.2, 0.25) is 0 Å². The molecule has 3 heteroatoms. The predicted molar refractivity (Wildman–Crippen MR) is 67.3 cm³/mol. The van der Waals surface area contributed by atoms with Crippen LogP contribution in [0.1, 0.15) is 30.4 Å². The lowest BCUT2D eigenvalue weighted by Crippen LogP contribution is -2.26. The van der Waals surface area contributed by atoms with E-state index in [0.717, 1.165) is 37.0 Å². The van der Waals surface area contributed by atoms with Crippen molar-refractivity contribution in [3.8, 4) is 0 Å². The van der Waals surface area contributed by atoms with Crippen LogP contribution in [0.3, 0.4) is 0 Å². The minimum atomic E-state index is -0.0113. The summed E-state index contributed by atoms with van der Waals surface area (Å²) in [6, 6.07) is 6.54. The monoisotopic (exact) mass is 281 g/mol. The van der Waals surface area contributed by atoms with Crippen molar-refractivity contribution in [2.45, 2.75) is 31.5 Å². The summed E-state index contributed by atoms with van der Waals surface area (Å²) in [6.45, 7) is 2.96. The summed E-state index contributed by atoms with van der Waals surface area (Å²) < 4.78 is 7.29. The van der Waals surface area contributed by atoms with Gasteiger partial charge in [0.1, 0.15) is 0 Å². The first-order valence-corrected chi connectivity index (χ1v) is 6.73. The van der Waals surface area contributed by atoms with Crippen LogP contribution in [0.15, 0.2) is 22.7 Å². The lowest BCUT2D eigenvalue weighted by atomic mass is 9.86. The van der Waals surface area contributed by atoms with E-state index >= 15 is 0 Å². The Bertz CT molecular complexity index is 397. The Morgan fingerprint density at radius 2 is 2.19 bits per heavy atom. The van der Waals surface area contributed by atoms with Crippen LogP contribution in [0, 0.1) is 0 Å². The van der Waals surface area contributed by atoms with Gasteiger partial charge in [0.15, 0.2) is 0 Å². The van der Waals surface area contributed by atoms with E-state index in [-0.39, 0.29) is 5.60 Å². The van der Waals surface area contributed by atoms with E-state index in [4.69, 9.17) is 4.74 Å². The molecule has 1 fully saturated rings. The third kappa shape index (κ3) is 1.71. The molecule has 2 aliphatic heterocycles. The average Bonchev–Trinajstić information content (AvgIpc) is 2.49. The number of ether oxygens (including phenoxy) is 1. The summed E-state index contributed by atoms with van der Waals surface area (Å²) in [6.07, 6.45) is 3.44. The first kappa shape index (κ1) is 10.8. The highest BCUT2D eigenvalue weighted by atomic mass is 79.9. The maximum Gasteiger partial charge on any atom is 0.0952 e. The van der Waals surface area contributed by atoms with Gasteiger partial charge in [-0.3, -0.25) is 0 Å². The molecule has 0 radical (unpaired) electrons. The molecule has 0 aromatic heterocycles. The molecule has 0 aliphatic carbocycles. The third-order valence-electron chi connectivity index (χ3n) is 3.71. The number of benzene rings is 1. The Morgan fingerprint density at radius 3 is 3.12 bits per heavy atom. The number of halogens is 1. The fourth-order valence-corrected chi connectivity index (χ4v) is 3.21. The molecule has 2 heterocycles. The molecule has 1 aromatic carbocycles. The van der Waals surface area contributed by atoms with Gasteiger partial charge >= 0.3 is 0 Å². The Morgan fingerprint density at radius 1 is 1.25 bits per heavy atom. The van der Waals surface area contributed by atoms with Crippen LogP contribution in [0.4, 0.5) is 0 Å². The van der Waals surface area contributed by atoms with E-state index in [2.05, 4.69) is 39.4 Å². The van der Waals surface area contributed by atoms with Gasteiger partial charge in [0.05, 0.1) is 12.2 Å². The van der Waals surface area contributed by atoms with E-state index in [1.54, 1.807) is 0 Å². The van der Waals surface area contributed by atoms with Crippen molar-refractivity contribution < 1.29 is 4.74 Å². The van der Waals surface area contributed by atoms with Crippen molar-refractivity contribution in [3.63, 3.8) is 0 Å². The summed E-state index contributed by atoms with van der Waals surface area (Å²) in [7, 11) is 0.